The number of methoxy groups -OCH3 is 1. The van der Waals surface area contributed by atoms with Crippen LogP contribution in [0.3, 0.4) is 0 Å². The smallest absolute Gasteiger partial charge is 0.306 e. The number of carbonyl (C=O) groups is 1. The molecule has 3 aliphatic heterocycles. The maximum atomic E-state index is 12.9. The van der Waals surface area contributed by atoms with Gasteiger partial charge in [-0.05, 0) is 36.1 Å². The van der Waals surface area contributed by atoms with Gasteiger partial charge in [-0.1, -0.05) is 12.1 Å². The monoisotopic (exact) mass is 520 g/mol. The lowest BCUT2D eigenvalue weighted by Crippen LogP contribution is -2.46. The van der Waals surface area contributed by atoms with Gasteiger partial charge in [-0.15, -0.1) is 0 Å². The molecule has 2 aromatic heterocycles. The van der Waals surface area contributed by atoms with Crippen molar-refractivity contribution in [1.82, 2.24) is 9.47 Å². The molecule has 2 bridgehead atoms. The largest absolute Gasteiger partial charge is 0.502 e. The van der Waals surface area contributed by atoms with Gasteiger partial charge in [-0.2, -0.15) is 0 Å². The van der Waals surface area contributed by atoms with E-state index >= 15 is 0 Å². The minimum absolute atomic E-state index is 0.00543. The highest BCUT2D eigenvalue weighted by atomic mass is 16.7. The van der Waals surface area contributed by atoms with Crippen LogP contribution >= 0.6 is 0 Å². The van der Waals surface area contributed by atoms with Crippen molar-refractivity contribution in [1.29, 1.82) is 0 Å². The van der Waals surface area contributed by atoms with Crippen molar-refractivity contribution < 1.29 is 28.5 Å². The summed E-state index contributed by atoms with van der Waals surface area (Å²) < 4.78 is 23.8. The van der Waals surface area contributed by atoms with Gasteiger partial charge in [0.1, 0.15) is 5.76 Å². The second-order valence-corrected chi connectivity index (χ2v) is 10.1. The number of carbonyl (C=O) groups excluding carboxylic acids is 1. The third-order valence-electron chi connectivity index (χ3n) is 7.65. The van der Waals surface area contributed by atoms with Crippen molar-refractivity contribution in [3.8, 4) is 17.2 Å². The third kappa shape index (κ3) is 4.45. The molecule has 3 aromatic rings. The molecular formula is C28H28N2O8. The zero-order chi connectivity index (χ0) is 26.4. The van der Waals surface area contributed by atoms with E-state index in [-0.39, 0.29) is 30.5 Å². The number of fused-ring (bicyclic) bond motifs is 5. The molecule has 10 heteroatoms. The zero-order valence-corrected chi connectivity index (χ0v) is 20.9. The maximum Gasteiger partial charge on any atom is 0.306 e. The predicted molar refractivity (Wildman–Crippen MR) is 135 cm³/mol. The highest BCUT2D eigenvalue weighted by Crippen LogP contribution is 2.40. The number of rotatable bonds is 6. The van der Waals surface area contributed by atoms with E-state index in [1.165, 1.54) is 13.2 Å². The number of esters is 1. The molecule has 3 aliphatic rings. The van der Waals surface area contributed by atoms with E-state index in [1.54, 1.807) is 30.3 Å². The van der Waals surface area contributed by atoms with Gasteiger partial charge in [-0.3, -0.25) is 19.3 Å². The van der Waals surface area contributed by atoms with Crippen molar-refractivity contribution in [2.24, 2.45) is 5.92 Å². The number of likely N-dealkylation sites (tertiary alicyclic amines) is 1. The van der Waals surface area contributed by atoms with Crippen LogP contribution < -0.4 is 20.5 Å². The van der Waals surface area contributed by atoms with Crippen molar-refractivity contribution in [2.45, 2.75) is 37.8 Å². The van der Waals surface area contributed by atoms with Crippen molar-refractivity contribution in [3.05, 3.63) is 85.8 Å². The van der Waals surface area contributed by atoms with Crippen molar-refractivity contribution >= 4 is 5.97 Å². The Bertz CT molecular complexity index is 1510. The molecule has 1 fully saturated rings. The Labute approximate surface area is 218 Å². The molecule has 1 saturated heterocycles. The fourth-order valence-corrected chi connectivity index (χ4v) is 5.96. The molecular weight excluding hydrogens is 492 g/mol. The minimum atomic E-state index is -0.774. The van der Waals surface area contributed by atoms with E-state index in [2.05, 4.69) is 4.90 Å². The Morgan fingerprint density at radius 3 is 2.79 bits per heavy atom. The molecule has 0 unspecified atom stereocenters. The number of aromatic hydroxyl groups is 1. The normalized spacial score (nSPS) is 20.6. The van der Waals surface area contributed by atoms with Crippen LogP contribution in [0.15, 0.2) is 56.5 Å². The molecule has 6 rings (SSSR count). The fourth-order valence-electron chi connectivity index (χ4n) is 5.96. The number of hydrogen-bond donors (Lipinski definition) is 1. The van der Waals surface area contributed by atoms with Crippen LogP contribution in [-0.4, -0.2) is 47.5 Å². The minimum Gasteiger partial charge on any atom is -0.502 e. The molecule has 3 atom stereocenters. The number of nitrogens with zero attached hydrogens (tertiary/aromatic N) is 2. The molecule has 0 aliphatic carbocycles. The highest BCUT2D eigenvalue weighted by molar-refractivity contribution is 5.71. The average Bonchev–Trinajstić information content (AvgIpc) is 3.38. The average molecular weight is 521 g/mol. The standard InChI is InChI=1S/C28H28N2O8/c1-35-26(33)10-20(17-5-6-23-24(8-17)37-15-36-23)28-27(34)22(31)9-19(38-28)14-29-11-16-7-18(13-29)21-3-2-4-25(32)30(21)12-16/h2-6,8-9,16,18,20,34H,7,10-15H2,1H3/t16-,18+,20-/m1/s1. The quantitative estimate of drug-likeness (QED) is 0.489. The Morgan fingerprint density at radius 1 is 1.11 bits per heavy atom. The lowest BCUT2D eigenvalue weighted by Gasteiger charge is -2.42. The Hall–Kier alpha value is -4.05. The van der Waals surface area contributed by atoms with Crippen molar-refractivity contribution in [3.63, 3.8) is 0 Å². The maximum absolute atomic E-state index is 12.9. The van der Waals surface area contributed by atoms with Gasteiger partial charge >= 0.3 is 5.97 Å². The van der Waals surface area contributed by atoms with Gasteiger partial charge in [-0.25, -0.2) is 0 Å². The summed E-state index contributed by atoms with van der Waals surface area (Å²) in [7, 11) is 1.28. The van der Waals surface area contributed by atoms with Crippen LogP contribution in [0.1, 0.15) is 47.5 Å². The lowest BCUT2D eigenvalue weighted by atomic mass is 9.83. The Morgan fingerprint density at radius 2 is 1.95 bits per heavy atom. The first-order valence-corrected chi connectivity index (χ1v) is 12.6. The van der Waals surface area contributed by atoms with Gasteiger partial charge in [0, 0.05) is 43.4 Å². The number of hydrogen-bond acceptors (Lipinski definition) is 9. The number of pyridine rings is 1. The molecule has 1 N–H and O–H groups in total. The van der Waals surface area contributed by atoms with Crippen LogP contribution in [-0.2, 0) is 22.6 Å². The summed E-state index contributed by atoms with van der Waals surface area (Å²) in [6.45, 7) is 2.59. The molecule has 0 amide bonds. The SMILES string of the molecule is COC(=O)C[C@H](c1ccc2c(c1)OCO2)c1oc(CN2C[C@H]3C[C@@H](C2)c2cccc(=O)n2C3)cc(=O)c1O. The topological polar surface area (TPSA) is 120 Å². The summed E-state index contributed by atoms with van der Waals surface area (Å²) in [5, 5.41) is 10.7. The second-order valence-electron chi connectivity index (χ2n) is 10.1. The molecule has 198 valence electrons. The highest BCUT2D eigenvalue weighted by Gasteiger charge is 2.35. The van der Waals surface area contributed by atoms with Crippen LogP contribution in [0.4, 0.5) is 0 Å². The first-order chi connectivity index (χ1) is 18.4. The van der Waals surface area contributed by atoms with Gasteiger partial charge < -0.3 is 28.3 Å². The summed E-state index contributed by atoms with van der Waals surface area (Å²) in [6, 6.07) is 11.9. The van der Waals surface area contributed by atoms with E-state index < -0.39 is 23.1 Å². The predicted octanol–water partition coefficient (Wildman–Crippen LogP) is 2.55. The summed E-state index contributed by atoms with van der Waals surface area (Å²) >= 11 is 0. The molecule has 10 nitrogen and oxygen atoms in total. The molecule has 5 heterocycles. The second kappa shape index (κ2) is 9.68. The zero-order valence-electron chi connectivity index (χ0n) is 20.9. The first-order valence-electron chi connectivity index (χ1n) is 12.6. The fraction of sp³-hybridized carbons (Fsp3) is 0.393. The van der Waals surface area contributed by atoms with Gasteiger partial charge in [0.05, 0.1) is 26.0 Å². The number of benzene rings is 1. The van der Waals surface area contributed by atoms with E-state index in [0.29, 0.717) is 48.4 Å². The van der Waals surface area contributed by atoms with E-state index in [1.807, 2.05) is 10.6 Å². The van der Waals surface area contributed by atoms with Crippen LogP contribution in [0.5, 0.6) is 17.2 Å². The van der Waals surface area contributed by atoms with Crippen LogP contribution in [0, 0.1) is 5.92 Å². The van der Waals surface area contributed by atoms with Gasteiger partial charge in [0.15, 0.2) is 17.3 Å². The van der Waals surface area contributed by atoms with E-state index in [4.69, 9.17) is 18.6 Å². The molecule has 0 spiro atoms. The summed E-state index contributed by atoms with van der Waals surface area (Å²) in [6.07, 6.45) is 0.867. The molecule has 1 aromatic carbocycles. The summed E-state index contributed by atoms with van der Waals surface area (Å²) in [4.78, 5) is 39.7. The summed E-state index contributed by atoms with van der Waals surface area (Å²) in [5.41, 5.74) is 1.10. The Balaban J connectivity index is 1.31. The third-order valence-corrected chi connectivity index (χ3v) is 7.65. The summed E-state index contributed by atoms with van der Waals surface area (Å²) in [5.74, 6) is 0.172. The lowest BCUT2D eigenvalue weighted by molar-refractivity contribution is -0.140. The van der Waals surface area contributed by atoms with Crippen LogP contribution in [0.25, 0.3) is 0 Å². The van der Waals surface area contributed by atoms with Crippen LogP contribution in [0.2, 0.25) is 0 Å². The van der Waals surface area contributed by atoms with Gasteiger partial charge in [0.2, 0.25) is 18.0 Å². The Kier molecular flexibility index (Phi) is 6.19. The number of aromatic nitrogens is 1. The van der Waals surface area contributed by atoms with E-state index in [0.717, 1.165) is 18.7 Å². The molecule has 0 radical (unpaired) electrons. The molecule has 0 saturated carbocycles. The molecule has 38 heavy (non-hydrogen) atoms. The van der Waals surface area contributed by atoms with Gasteiger partial charge in [0.25, 0.3) is 5.56 Å². The first kappa shape index (κ1) is 24.3. The van der Waals surface area contributed by atoms with Crippen molar-refractivity contribution in [2.75, 3.05) is 27.0 Å². The van der Waals surface area contributed by atoms with E-state index in [9.17, 15) is 19.5 Å². The number of ether oxygens (including phenoxy) is 3. The number of piperidine rings is 1.